The van der Waals surface area contributed by atoms with Gasteiger partial charge in [0.25, 0.3) is 0 Å². The minimum atomic E-state index is 0.0645. The van der Waals surface area contributed by atoms with Crippen molar-refractivity contribution in [1.29, 1.82) is 0 Å². The monoisotopic (exact) mass is 350 g/mol. The lowest BCUT2D eigenvalue weighted by atomic mass is 10.1. The molecule has 2 rings (SSSR count). The molecule has 0 bridgehead atoms. The molecule has 0 saturated carbocycles. The third-order valence-electron chi connectivity index (χ3n) is 3.37. The largest absolute Gasteiger partial charge is 0.497 e. The van der Waals surface area contributed by atoms with E-state index in [1.807, 2.05) is 37.3 Å². The third-order valence-corrected chi connectivity index (χ3v) is 3.89. The Bertz CT molecular complexity index is 677. The smallest absolute Gasteiger partial charge is 0.171 e. The fourth-order valence-electron chi connectivity index (χ4n) is 2.08. The summed E-state index contributed by atoms with van der Waals surface area (Å²) in [4.78, 5) is 0. The number of rotatable bonds is 5. The minimum Gasteiger partial charge on any atom is -0.497 e. The molecule has 0 heterocycles. The lowest BCUT2D eigenvalue weighted by molar-refractivity contribution is 0.414. The number of nitrogens with one attached hydrogen (secondary N) is 2. The lowest BCUT2D eigenvalue weighted by Crippen LogP contribution is -2.30. The van der Waals surface area contributed by atoms with Crippen LogP contribution < -0.4 is 20.1 Å². The van der Waals surface area contributed by atoms with Gasteiger partial charge in [-0.05, 0) is 55.0 Å². The Morgan fingerprint density at radius 3 is 2.35 bits per heavy atom. The van der Waals surface area contributed by atoms with Gasteiger partial charge in [0.05, 0.1) is 25.3 Å². The second-order valence-electron chi connectivity index (χ2n) is 4.94. The van der Waals surface area contributed by atoms with Gasteiger partial charge in [-0.15, -0.1) is 0 Å². The van der Waals surface area contributed by atoms with Gasteiger partial charge in [0.1, 0.15) is 11.5 Å². The van der Waals surface area contributed by atoms with Crippen LogP contribution in [0.2, 0.25) is 5.02 Å². The molecule has 122 valence electrons. The van der Waals surface area contributed by atoms with Crippen molar-refractivity contribution < 1.29 is 9.47 Å². The predicted molar refractivity (Wildman–Crippen MR) is 98.8 cm³/mol. The van der Waals surface area contributed by atoms with Gasteiger partial charge < -0.3 is 20.1 Å². The number of anilines is 1. The van der Waals surface area contributed by atoms with E-state index in [-0.39, 0.29) is 6.04 Å². The van der Waals surface area contributed by atoms with Gasteiger partial charge in [-0.1, -0.05) is 23.7 Å². The van der Waals surface area contributed by atoms with Crippen molar-refractivity contribution in [2.75, 3.05) is 19.5 Å². The van der Waals surface area contributed by atoms with Crippen LogP contribution in [0.3, 0.4) is 0 Å². The lowest BCUT2D eigenvalue weighted by Gasteiger charge is -2.18. The zero-order chi connectivity index (χ0) is 16.8. The Kier molecular flexibility index (Phi) is 6.07. The van der Waals surface area contributed by atoms with Crippen LogP contribution >= 0.6 is 23.8 Å². The Morgan fingerprint density at radius 2 is 1.78 bits per heavy atom. The van der Waals surface area contributed by atoms with E-state index in [0.717, 1.165) is 17.0 Å². The molecule has 6 heteroatoms. The molecular formula is C17H19ClN2O2S. The number of hydrogen-bond donors (Lipinski definition) is 2. The molecule has 0 aliphatic heterocycles. The summed E-state index contributed by atoms with van der Waals surface area (Å²) in [5.41, 5.74) is 1.91. The summed E-state index contributed by atoms with van der Waals surface area (Å²) in [6, 6.07) is 13.3. The van der Waals surface area contributed by atoms with Crippen molar-refractivity contribution >= 4 is 34.6 Å². The van der Waals surface area contributed by atoms with E-state index < -0.39 is 0 Å². The van der Waals surface area contributed by atoms with E-state index in [2.05, 4.69) is 10.6 Å². The highest BCUT2D eigenvalue weighted by atomic mass is 35.5. The molecule has 4 nitrogen and oxygen atoms in total. The van der Waals surface area contributed by atoms with Crippen LogP contribution in [0.5, 0.6) is 11.5 Å². The van der Waals surface area contributed by atoms with Crippen LogP contribution in [0, 0.1) is 0 Å². The number of ether oxygens (including phenoxy) is 2. The Balaban J connectivity index is 1.96. The standard InChI is InChI=1S/C17H19ClN2O2S/c1-11(12-4-7-14(21-2)8-5-12)19-17(23)20-13-6-9-16(22-3)15(18)10-13/h4-11H,1-3H3,(H2,19,20,23)/t11-/m0/s1. The van der Waals surface area contributed by atoms with E-state index in [1.54, 1.807) is 26.4 Å². The minimum absolute atomic E-state index is 0.0645. The van der Waals surface area contributed by atoms with Crippen molar-refractivity contribution in [2.24, 2.45) is 0 Å². The highest BCUT2D eigenvalue weighted by molar-refractivity contribution is 7.80. The number of benzene rings is 2. The van der Waals surface area contributed by atoms with Gasteiger partial charge in [-0.2, -0.15) is 0 Å². The zero-order valence-electron chi connectivity index (χ0n) is 13.2. The molecule has 0 spiro atoms. The van der Waals surface area contributed by atoms with Crippen LogP contribution in [0.25, 0.3) is 0 Å². The molecule has 0 amide bonds. The summed E-state index contributed by atoms with van der Waals surface area (Å²) in [5, 5.41) is 7.40. The summed E-state index contributed by atoms with van der Waals surface area (Å²) in [6.45, 7) is 2.04. The third kappa shape index (κ3) is 4.74. The maximum Gasteiger partial charge on any atom is 0.171 e. The highest BCUT2D eigenvalue weighted by Crippen LogP contribution is 2.27. The van der Waals surface area contributed by atoms with Gasteiger partial charge in [-0.25, -0.2) is 0 Å². The topological polar surface area (TPSA) is 42.5 Å². The second-order valence-corrected chi connectivity index (χ2v) is 5.76. The highest BCUT2D eigenvalue weighted by Gasteiger charge is 2.08. The maximum absolute atomic E-state index is 6.10. The SMILES string of the molecule is COc1ccc([C@H](C)NC(=S)Nc2ccc(OC)c(Cl)c2)cc1. The first kappa shape index (κ1) is 17.4. The van der Waals surface area contributed by atoms with Crippen LogP contribution in [0.15, 0.2) is 42.5 Å². The summed E-state index contributed by atoms with van der Waals surface area (Å²) in [7, 11) is 3.23. The van der Waals surface area contributed by atoms with E-state index in [4.69, 9.17) is 33.3 Å². The summed E-state index contributed by atoms with van der Waals surface area (Å²) in [5.74, 6) is 1.46. The summed E-state index contributed by atoms with van der Waals surface area (Å²) < 4.78 is 10.3. The van der Waals surface area contributed by atoms with E-state index in [1.165, 1.54) is 0 Å². The average Bonchev–Trinajstić information content (AvgIpc) is 2.55. The molecule has 0 aliphatic carbocycles. The van der Waals surface area contributed by atoms with Crippen LogP contribution in [0.1, 0.15) is 18.5 Å². The first-order chi connectivity index (χ1) is 11.0. The number of halogens is 1. The molecule has 23 heavy (non-hydrogen) atoms. The second kappa shape index (κ2) is 8.04. The quantitative estimate of drug-likeness (QED) is 0.782. The van der Waals surface area contributed by atoms with Crippen molar-refractivity contribution in [1.82, 2.24) is 5.32 Å². The van der Waals surface area contributed by atoms with E-state index in [0.29, 0.717) is 15.9 Å². The molecule has 0 aliphatic rings. The van der Waals surface area contributed by atoms with Gasteiger partial charge in [-0.3, -0.25) is 0 Å². The summed E-state index contributed by atoms with van der Waals surface area (Å²) >= 11 is 11.4. The fourth-order valence-corrected chi connectivity index (χ4v) is 2.64. The molecule has 0 saturated heterocycles. The molecule has 2 aromatic rings. The first-order valence-electron chi connectivity index (χ1n) is 7.08. The molecule has 1 atom stereocenters. The molecule has 0 radical (unpaired) electrons. The Hall–Kier alpha value is -1.98. The Labute approximate surface area is 146 Å². The van der Waals surface area contributed by atoms with Gasteiger partial charge in [0.15, 0.2) is 5.11 Å². The molecule has 2 aromatic carbocycles. The van der Waals surface area contributed by atoms with E-state index >= 15 is 0 Å². The van der Waals surface area contributed by atoms with Gasteiger partial charge in [0, 0.05) is 5.69 Å². The zero-order valence-corrected chi connectivity index (χ0v) is 14.8. The van der Waals surface area contributed by atoms with Crippen molar-refractivity contribution in [3.63, 3.8) is 0 Å². The fraction of sp³-hybridized carbons (Fsp3) is 0.235. The van der Waals surface area contributed by atoms with Crippen LogP contribution in [0.4, 0.5) is 5.69 Å². The number of methoxy groups -OCH3 is 2. The van der Waals surface area contributed by atoms with E-state index in [9.17, 15) is 0 Å². The molecule has 0 unspecified atom stereocenters. The molecule has 2 N–H and O–H groups in total. The summed E-state index contributed by atoms with van der Waals surface area (Å²) in [6.07, 6.45) is 0. The van der Waals surface area contributed by atoms with Crippen molar-refractivity contribution in [3.05, 3.63) is 53.1 Å². The van der Waals surface area contributed by atoms with Gasteiger partial charge >= 0.3 is 0 Å². The Morgan fingerprint density at radius 1 is 1.09 bits per heavy atom. The van der Waals surface area contributed by atoms with Crippen molar-refractivity contribution in [3.8, 4) is 11.5 Å². The van der Waals surface area contributed by atoms with Crippen molar-refractivity contribution in [2.45, 2.75) is 13.0 Å². The molecular weight excluding hydrogens is 332 g/mol. The van der Waals surface area contributed by atoms with Gasteiger partial charge in [0.2, 0.25) is 0 Å². The molecule has 0 fully saturated rings. The number of thiocarbonyl (C=S) groups is 1. The maximum atomic E-state index is 6.10. The first-order valence-corrected chi connectivity index (χ1v) is 7.87. The number of hydrogen-bond acceptors (Lipinski definition) is 3. The van der Waals surface area contributed by atoms with Crippen LogP contribution in [-0.4, -0.2) is 19.3 Å². The van der Waals surface area contributed by atoms with Crippen LogP contribution in [-0.2, 0) is 0 Å². The predicted octanol–water partition coefficient (Wildman–Crippen LogP) is 4.40. The molecule has 0 aromatic heterocycles. The normalized spacial score (nSPS) is 11.5. The average molecular weight is 351 g/mol.